The molecular weight excluding hydrogens is 285 g/mol. The quantitative estimate of drug-likeness (QED) is 0.759. The number of anilines is 1. The van der Waals surface area contributed by atoms with Crippen LogP contribution in [0.3, 0.4) is 0 Å². The van der Waals surface area contributed by atoms with Crippen LogP contribution < -0.4 is 4.90 Å². The molecular formula is C17H16FNOS. The van der Waals surface area contributed by atoms with E-state index in [1.54, 1.807) is 28.4 Å². The number of carbonyl (C=O) groups excluding carboxylic acids is 1. The van der Waals surface area contributed by atoms with Crippen molar-refractivity contribution in [3.8, 4) is 0 Å². The lowest BCUT2D eigenvalue weighted by atomic mass is 9.96. The fraction of sp³-hybridized carbons (Fsp3) is 0.235. The Hall–Kier alpha value is -1.94. The highest BCUT2D eigenvalue weighted by Gasteiger charge is 2.27. The van der Waals surface area contributed by atoms with Gasteiger partial charge < -0.3 is 4.90 Å². The minimum Gasteiger partial charge on any atom is -0.306 e. The molecule has 1 atom stereocenters. The van der Waals surface area contributed by atoms with Gasteiger partial charge in [0.1, 0.15) is 5.82 Å². The SMILES string of the molecule is C[C@@H]1CCc2cc(F)ccc2N1C(=O)/C=C/c1cccs1. The summed E-state index contributed by atoms with van der Waals surface area (Å²) in [5.74, 6) is -0.298. The van der Waals surface area contributed by atoms with Crippen molar-refractivity contribution >= 4 is 29.0 Å². The predicted octanol–water partition coefficient (Wildman–Crippen LogP) is 4.27. The Morgan fingerprint density at radius 1 is 1.43 bits per heavy atom. The number of thiophene rings is 1. The van der Waals surface area contributed by atoms with Crippen LogP contribution in [0.25, 0.3) is 6.08 Å². The minimum atomic E-state index is -0.246. The molecule has 0 spiro atoms. The van der Waals surface area contributed by atoms with E-state index in [-0.39, 0.29) is 17.8 Å². The normalized spacial score (nSPS) is 18.0. The second kappa shape index (κ2) is 5.82. The number of nitrogens with zero attached hydrogens (tertiary/aromatic N) is 1. The lowest BCUT2D eigenvalue weighted by Crippen LogP contribution is -2.41. The summed E-state index contributed by atoms with van der Waals surface area (Å²) >= 11 is 1.59. The molecule has 0 saturated carbocycles. The number of rotatable bonds is 2. The van der Waals surface area contributed by atoms with Crippen molar-refractivity contribution < 1.29 is 9.18 Å². The number of amides is 1. The Labute approximate surface area is 127 Å². The molecule has 2 heterocycles. The molecule has 108 valence electrons. The molecule has 0 unspecified atom stereocenters. The van der Waals surface area contributed by atoms with Gasteiger partial charge >= 0.3 is 0 Å². The van der Waals surface area contributed by atoms with Crippen LogP contribution in [0.1, 0.15) is 23.8 Å². The van der Waals surface area contributed by atoms with Crippen LogP contribution in [0.4, 0.5) is 10.1 Å². The third-order valence-electron chi connectivity index (χ3n) is 3.74. The summed E-state index contributed by atoms with van der Waals surface area (Å²) in [6.07, 6.45) is 5.10. The molecule has 4 heteroatoms. The van der Waals surface area contributed by atoms with E-state index in [1.165, 1.54) is 12.1 Å². The van der Waals surface area contributed by atoms with Crippen molar-refractivity contribution in [2.75, 3.05) is 4.90 Å². The van der Waals surface area contributed by atoms with Crippen molar-refractivity contribution in [3.63, 3.8) is 0 Å². The molecule has 1 aromatic heterocycles. The molecule has 0 bridgehead atoms. The fourth-order valence-electron chi connectivity index (χ4n) is 2.68. The average molecular weight is 301 g/mol. The fourth-order valence-corrected chi connectivity index (χ4v) is 3.29. The lowest BCUT2D eigenvalue weighted by molar-refractivity contribution is -0.114. The zero-order chi connectivity index (χ0) is 14.8. The molecule has 21 heavy (non-hydrogen) atoms. The molecule has 0 saturated heterocycles. The third-order valence-corrected chi connectivity index (χ3v) is 4.58. The van der Waals surface area contributed by atoms with Crippen LogP contribution in [-0.4, -0.2) is 11.9 Å². The second-order valence-corrected chi connectivity index (χ2v) is 6.20. The lowest BCUT2D eigenvalue weighted by Gasteiger charge is -2.34. The van der Waals surface area contributed by atoms with Gasteiger partial charge in [-0.3, -0.25) is 4.79 Å². The maximum Gasteiger partial charge on any atom is 0.251 e. The topological polar surface area (TPSA) is 20.3 Å². The van der Waals surface area contributed by atoms with Crippen molar-refractivity contribution in [2.24, 2.45) is 0 Å². The maximum atomic E-state index is 13.3. The summed E-state index contributed by atoms with van der Waals surface area (Å²) < 4.78 is 13.3. The van der Waals surface area contributed by atoms with Crippen LogP contribution in [0.2, 0.25) is 0 Å². The molecule has 1 aliphatic heterocycles. The summed E-state index contributed by atoms with van der Waals surface area (Å²) in [5, 5.41) is 1.98. The number of fused-ring (bicyclic) bond motifs is 1. The van der Waals surface area contributed by atoms with E-state index >= 15 is 0 Å². The van der Waals surface area contributed by atoms with E-state index in [0.717, 1.165) is 29.0 Å². The van der Waals surface area contributed by atoms with Gasteiger partial charge in [-0.05, 0) is 61.1 Å². The first-order valence-electron chi connectivity index (χ1n) is 6.98. The summed E-state index contributed by atoms with van der Waals surface area (Å²) in [7, 11) is 0. The van der Waals surface area contributed by atoms with E-state index in [1.807, 2.05) is 30.5 Å². The first kappa shape index (κ1) is 14.0. The maximum absolute atomic E-state index is 13.3. The Kier molecular flexibility index (Phi) is 3.88. The zero-order valence-electron chi connectivity index (χ0n) is 11.8. The first-order valence-corrected chi connectivity index (χ1v) is 7.86. The predicted molar refractivity (Wildman–Crippen MR) is 85.0 cm³/mol. The van der Waals surface area contributed by atoms with Gasteiger partial charge in [-0.15, -0.1) is 11.3 Å². The van der Waals surface area contributed by atoms with Gasteiger partial charge in [0.15, 0.2) is 0 Å². The number of hydrogen-bond donors (Lipinski definition) is 0. The van der Waals surface area contributed by atoms with Gasteiger partial charge in [0.2, 0.25) is 0 Å². The van der Waals surface area contributed by atoms with Gasteiger partial charge in [-0.25, -0.2) is 4.39 Å². The number of hydrogen-bond acceptors (Lipinski definition) is 2. The Balaban J connectivity index is 1.89. The summed E-state index contributed by atoms with van der Waals surface area (Å²) in [4.78, 5) is 15.3. The molecule has 3 rings (SSSR count). The zero-order valence-corrected chi connectivity index (χ0v) is 12.6. The molecule has 0 aliphatic carbocycles. The highest BCUT2D eigenvalue weighted by atomic mass is 32.1. The van der Waals surface area contributed by atoms with E-state index in [9.17, 15) is 9.18 Å². The van der Waals surface area contributed by atoms with Gasteiger partial charge in [0.05, 0.1) is 0 Å². The van der Waals surface area contributed by atoms with Crippen molar-refractivity contribution in [3.05, 3.63) is 58.0 Å². The van der Waals surface area contributed by atoms with E-state index in [2.05, 4.69) is 0 Å². The average Bonchev–Trinajstić information content (AvgIpc) is 2.98. The molecule has 2 nitrogen and oxygen atoms in total. The number of benzene rings is 1. The third kappa shape index (κ3) is 2.90. The Morgan fingerprint density at radius 3 is 3.05 bits per heavy atom. The van der Waals surface area contributed by atoms with Gasteiger partial charge in [-0.1, -0.05) is 6.07 Å². The highest BCUT2D eigenvalue weighted by molar-refractivity contribution is 7.10. The first-order chi connectivity index (χ1) is 10.1. The summed E-state index contributed by atoms with van der Waals surface area (Å²) in [6.45, 7) is 2.03. The molecule has 1 aliphatic rings. The molecule has 1 aromatic carbocycles. The van der Waals surface area contributed by atoms with Crippen molar-refractivity contribution in [1.29, 1.82) is 0 Å². The van der Waals surface area contributed by atoms with Crippen LogP contribution >= 0.6 is 11.3 Å². The van der Waals surface area contributed by atoms with Gasteiger partial charge in [0.25, 0.3) is 5.91 Å². The second-order valence-electron chi connectivity index (χ2n) is 5.22. The van der Waals surface area contributed by atoms with Crippen molar-refractivity contribution in [2.45, 2.75) is 25.8 Å². The minimum absolute atomic E-state index is 0.0524. The number of carbonyl (C=O) groups is 1. The van der Waals surface area contributed by atoms with E-state index < -0.39 is 0 Å². The highest BCUT2D eigenvalue weighted by Crippen LogP contribution is 2.31. The number of aryl methyl sites for hydroxylation is 1. The van der Waals surface area contributed by atoms with Gasteiger partial charge in [-0.2, -0.15) is 0 Å². The van der Waals surface area contributed by atoms with Crippen LogP contribution in [0, 0.1) is 5.82 Å². The Morgan fingerprint density at radius 2 is 2.29 bits per heavy atom. The largest absolute Gasteiger partial charge is 0.306 e. The van der Waals surface area contributed by atoms with Crippen LogP contribution in [0.15, 0.2) is 41.8 Å². The van der Waals surface area contributed by atoms with Crippen LogP contribution in [-0.2, 0) is 11.2 Å². The van der Waals surface area contributed by atoms with Crippen LogP contribution in [0.5, 0.6) is 0 Å². The Bertz CT molecular complexity index is 678. The van der Waals surface area contributed by atoms with Gasteiger partial charge in [0, 0.05) is 22.7 Å². The molecule has 0 radical (unpaired) electrons. The monoisotopic (exact) mass is 301 g/mol. The standard InChI is InChI=1S/C17H16FNOS/c1-12-4-5-13-11-14(18)6-8-16(13)19(12)17(20)9-7-15-3-2-10-21-15/h2-3,6-12H,4-5H2,1H3/b9-7+/t12-/m1/s1. The smallest absolute Gasteiger partial charge is 0.251 e. The molecule has 0 fully saturated rings. The molecule has 1 amide bonds. The summed E-state index contributed by atoms with van der Waals surface area (Å²) in [5.41, 5.74) is 1.74. The molecule has 0 N–H and O–H groups in total. The molecule has 2 aromatic rings. The number of halogens is 1. The van der Waals surface area contributed by atoms with E-state index in [0.29, 0.717) is 0 Å². The van der Waals surface area contributed by atoms with E-state index in [4.69, 9.17) is 0 Å². The summed E-state index contributed by atoms with van der Waals surface area (Å²) in [6, 6.07) is 8.71. The van der Waals surface area contributed by atoms with Crippen molar-refractivity contribution in [1.82, 2.24) is 0 Å².